The van der Waals surface area contributed by atoms with Crippen molar-refractivity contribution >= 4 is 28.8 Å². The molecule has 230 valence electrons. The molecule has 0 aromatic heterocycles. The number of hydrogen-bond acceptors (Lipinski definition) is 1. The van der Waals surface area contributed by atoms with Crippen LogP contribution in [0.3, 0.4) is 0 Å². The zero-order valence-corrected chi connectivity index (χ0v) is 29.3. The standard InChI is InChI=1S/C27H36N2.C12H8NO.Au/c1-18(2)22-11-9-12-23(19(3)4)26(22)28-15-16-29(17-28)27-24(20(5)6)13-10-14-25(27)21(7)8;1-3-7-11-9(5-1)13-10-6-2-4-8-12(10)14-11;/h9-16,18-21H,1-8H3;1-8H;/q+2;-1;+1. The summed E-state index contributed by atoms with van der Waals surface area (Å²) < 4.78 is 10.1. The van der Waals surface area contributed by atoms with E-state index in [1.54, 1.807) is 0 Å². The second-order valence-electron chi connectivity index (χ2n) is 12.5. The molecule has 0 atom stereocenters. The number of nitrogens with zero attached hydrogens (tertiary/aromatic N) is 3. The fourth-order valence-electron chi connectivity index (χ4n) is 5.66. The predicted octanol–water partition coefficient (Wildman–Crippen LogP) is 12.0. The molecule has 2 aliphatic heterocycles. The summed E-state index contributed by atoms with van der Waals surface area (Å²) in [6, 6.07) is 32.6. The Morgan fingerprint density at radius 2 is 0.841 bits per heavy atom. The molecule has 0 fully saturated rings. The molecule has 0 saturated heterocycles. The molecule has 0 amide bonds. The van der Waals surface area contributed by atoms with Gasteiger partial charge in [0.25, 0.3) is 12.4 Å². The SMILES string of the molecule is CC(C)c1cccc(C(C)C)c1[N+]1=C=[N+](c2c(C(C)C)cccc2C(C)C)C=C1.[Au+].c1ccc2c(c1)[N-]c1ccccc1O2. The van der Waals surface area contributed by atoms with Crippen molar-refractivity contribution in [2.45, 2.75) is 79.1 Å². The van der Waals surface area contributed by atoms with Gasteiger partial charge in [-0.25, -0.2) is 0 Å². The van der Waals surface area contributed by atoms with Crippen LogP contribution in [-0.4, -0.2) is 15.2 Å². The molecule has 6 rings (SSSR count). The number of ether oxygens (including phenoxy) is 1. The Labute approximate surface area is 279 Å². The van der Waals surface area contributed by atoms with Crippen molar-refractivity contribution < 1.29 is 36.3 Å². The maximum absolute atomic E-state index is 5.68. The summed E-state index contributed by atoms with van der Waals surface area (Å²) in [6.45, 7) is 18.2. The van der Waals surface area contributed by atoms with Crippen molar-refractivity contribution in [1.29, 1.82) is 0 Å². The number of benzene rings is 4. The van der Waals surface area contributed by atoms with Gasteiger partial charge >= 0.3 is 28.4 Å². The topological polar surface area (TPSA) is 29.4 Å². The van der Waals surface area contributed by atoms with Gasteiger partial charge in [-0.1, -0.05) is 149 Å². The number of fused-ring (bicyclic) bond motifs is 2. The Kier molecular flexibility index (Phi) is 10.9. The molecule has 0 spiro atoms. The third-order valence-corrected chi connectivity index (χ3v) is 7.94. The first-order valence-corrected chi connectivity index (χ1v) is 15.5. The van der Waals surface area contributed by atoms with E-state index < -0.39 is 0 Å². The molecule has 2 aliphatic rings. The average molecular weight is 768 g/mol. The molecule has 0 radical (unpaired) electrons. The van der Waals surface area contributed by atoms with Crippen LogP contribution >= 0.6 is 0 Å². The van der Waals surface area contributed by atoms with E-state index in [0.717, 1.165) is 22.9 Å². The van der Waals surface area contributed by atoms with Gasteiger partial charge in [-0.05, 0) is 35.8 Å². The minimum absolute atomic E-state index is 0. The predicted molar refractivity (Wildman–Crippen MR) is 179 cm³/mol. The van der Waals surface area contributed by atoms with Gasteiger partial charge in [-0.3, -0.25) is 0 Å². The van der Waals surface area contributed by atoms with E-state index >= 15 is 0 Å². The van der Waals surface area contributed by atoms with Gasteiger partial charge in [0.15, 0.2) is 0 Å². The second kappa shape index (κ2) is 14.4. The van der Waals surface area contributed by atoms with Crippen molar-refractivity contribution in [1.82, 2.24) is 0 Å². The third-order valence-electron chi connectivity index (χ3n) is 7.94. The molecule has 0 unspecified atom stereocenters. The fraction of sp³-hybridized carbons (Fsp3) is 0.308. The first-order valence-electron chi connectivity index (χ1n) is 15.5. The number of para-hydroxylation sites is 6. The summed E-state index contributed by atoms with van der Waals surface area (Å²) >= 11 is 0. The molecule has 4 aromatic rings. The monoisotopic (exact) mass is 767 g/mol. The van der Waals surface area contributed by atoms with E-state index in [9.17, 15) is 0 Å². The summed E-state index contributed by atoms with van der Waals surface area (Å²) in [6.07, 6.45) is 4.32. The first kappa shape index (κ1) is 33.2. The minimum Gasteiger partial charge on any atom is -0.652 e. The van der Waals surface area contributed by atoms with Gasteiger partial charge < -0.3 is 10.1 Å². The smallest absolute Gasteiger partial charge is 0.652 e. The largest absolute Gasteiger partial charge is 1.00 e. The molecular weight excluding hydrogens is 723 g/mol. The van der Waals surface area contributed by atoms with Crippen LogP contribution in [0.1, 0.15) is 101 Å². The normalized spacial score (nSPS) is 12.9. The maximum atomic E-state index is 5.68. The van der Waals surface area contributed by atoms with Crippen molar-refractivity contribution in [3.63, 3.8) is 0 Å². The van der Waals surface area contributed by atoms with Gasteiger partial charge in [0.05, 0.1) is 0 Å². The Balaban J connectivity index is 0.000000244. The van der Waals surface area contributed by atoms with Crippen molar-refractivity contribution in [2.24, 2.45) is 0 Å². The van der Waals surface area contributed by atoms with E-state index in [1.165, 1.54) is 33.6 Å². The van der Waals surface area contributed by atoms with E-state index in [-0.39, 0.29) is 22.4 Å². The van der Waals surface area contributed by atoms with Crippen molar-refractivity contribution in [2.75, 3.05) is 0 Å². The third kappa shape index (κ3) is 7.01. The summed E-state index contributed by atoms with van der Waals surface area (Å²) in [5.41, 5.74) is 9.84. The number of hydrogen-bond donors (Lipinski definition) is 0. The summed E-state index contributed by atoms with van der Waals surface area (Å²) in [5, 5.41) is 4.48. The van der Waals surface area contributed by atoms with E-state index in [2.05, 4.69) is 125 Å². The zero-order valence-electron chi connectivity index (χ0n) is 27.1. The fourth-order valence-corrected chi connectivity index (χ4v) is 5.66. The molecule has 44 heavy (non-hydrogen) atoms. The molecule has 0 bridgehead atoms. The van der Waals surface area contributed by atoms with Crippen molar-refractivity contribution in [3.05, 3.63) is 125 Å². The molecule has 2 heterocycles. The molecule has 0 N–H and O–H groups in total. The summed E-state index contributed by atoms with van der Waals surface area (Å²) in [4.78, 5) is 0. The zero-order chi connectivity index (χ0) is 30.7. The molecule has 0 saturated carbocycles. The van der Waals surface area contributed by atoms with Gasteiger partial charge in [-0.15, -0.1) is 0 Å². The van der Waals surface area contributed by atoms with Crippen molar-refractivity contribution in [3.8, 4) is 11.5 Å². The molecule has 4 aromatic carbocycles. The first-order chi connectivity index (χ1) is 20.7. The average Bonchev–Trinajstić information content (AvgIpc) is 3.49. The van der Waals surface area contributed by atoms with Gasteiger partial charge in [0.1, 0.15) is 11.5 Å². The van der Waals surface area contributed by atoms with Gasteiger partial charge in [-0.2, -0.15) is 0 Å². The van der Waals surface area contributed by atoms with Crippen LogP contribution in [0.25, 0.3) is 5.32 Å². The Hall–Kier alpha value is -3.66. The molecule has 4 nitrogen and oxygen atoms in total. The Morgan fingerprint density at radius 3 is 1.18 bits per heavy atom. The minimum atomic E-state index is 0. The van der Waals surface area contributed by atoms with E-state index in [4.69, 9.17) is 4.74 Å². The molecule has 0 aliphatic carbocycles. The van der Waals surface area contributed by atoms with E-state index in [0.29, 0.717) is 23.7 Å². The van der Waals surface area contributed by atoms with Crippen LogP contribution in [0, 0.1) is 0 Å². The summed E-state index contributed by atoms with van der Waals surface area (Å²) in [5.74, 6) is 3.49. The van der Waals surface area contributed by atoms with Crippen LogP contribution in [0.2, 0.25) is 0 Å². The number of rotatable bonds is 6. The second-order valence-corrected chi connectivity index (χ2v) is 12.5. The van der Waals surface area contributed by atoms with Gasteiger partial charge in [0, 0.05) is 22.3 Å². The Morgan fingerprint density at radius 1 is 0.500 bits per heavy atom. The molecular formula is C39H44AuN3O+2. The van der Waals surface area contributed by atoms with Crippen LogP contribution < -0.4 is 4.74 Å². The van der Waals surface area contributed by atoms with Crippen LogP contribution in [-0.2, 0) is 22.4 Å². The maximum Gasteiger partial charge on any atom is 1.00 e. The quantitative estimate of drug-likeness (QED) is 0.125. The van der Waals surface area contributed by atoms with Crippen LogP contribution in [0.15, 0.2) is 97.3 Å². The van der Waals surface area contributed by atoms with E-state index in [1.807, 2.05) is 48.5 Å². The molecule has 5 heteroatoms. The summed E-state index contributed by atoms with van der Waals surface area (Å²) in [7, 11) is 0. The van der Waals surface area contributed by atoms with Crippen LogP contribution in [0.5, 0.6) is 11.5 Å². The van der Waals surface area contributed by atoms with Crippen LogP contribution in [0.4, 0.5) is 22.7 Å². The Bertz CT molecular complexity index is 1510. The van der Waals surface area contributed by atoms with Gasteiger partial charge in [0.2, 0.25) is 11.4 Å².